The second-order valence-corrected chi connectivity index (χ2v) is 10.0. The number of nitrogens with zero attached hydrogens (tertiary/aromatic N) is 2. The first-order valence-electron chi connectivity index (χ1n) is 12.0. The molecular formula is C27H33N3O4. The molecule has 7 heteroatoms. The van der Waals surface area contributed by atoms with Gasteiger partial charge in [0.2, 0.25) is 5.78 Å². The molecule has 180 valence electrons. The normalized spacial score (nSPS) is 21.3. The Morgan fingerprint density at radius 1 is 1.09 bits per heavy atom. The number of hydrogen-bond acceptors (Lipinski definition) is 5. The Hall–Kier alpha value is -3.03. The molecule has 2 aliphatic heterocycles. The standard InChI is InChI=1S/C27H33N3O4/c1-27(2,3)21-7-5-19(6-8-21)23-22(24(31)20-9-11-28-12-10-20)25(32)26(33)30(23)14-4-13-29-15-17-34-18-16-29/h5-12,23,31H,4,13-18H2,1-3H3. The van der Waals surface area contributed by atoms with Crippen LogP contribution in [0, 0.1) is 0 Å². The van der Waals surface area contributed by atoms with Gasteiger partial charge in [-0.3, -0.25) is 14.6 Å². The van der Waals surface area contributed by atoms with Crippen molar-refractivity contribution in [1.29, 1.82) is 0 Å². The lowest BCUT2D eigenvalue weighted by Crippen LogP contribution is -3.14. The molecule has 0 spiro atoms. The number of carbonyl (C=O) groups excluding carboxylic acids is 2. The fourth-order valence-electron chi connectivity index (χ4n) is 4.68. The van der Waals surface area contributed by atoms with Crippen LogP contribution in [0.1, 0.15) is 49.9 Å². The van der Waals surface area contributed by atoms with Crippen molar-refractivity contribution in [3.8, 4) is 0 Å². The summed E-state index contributed by atoms with van der Waals surface area (Å²) in [6.07, 6.45) is 3.79. The van der Waals surface area contributed by atoms with Gasteiger partial charge in [-0.1, -0.05) is 50.8 Å². The number of morpholine rings is 1. The van der Waals surface area contributed by atoms with Crippen molar-refractivity contribution >= 4 is 17.4 Å². The highest BCUT2D eigenvalue weighted by molar-refractivity contribution is 6.46. The Labute approximate surface area is 201 Å². The fraction of sp³-hybridized carbons (Fsp3) is 0.444. The molecule has 1 aromatic carbocycles. The Bertz CT molecular complexity index is 1050. The Kier molecular flexibility index (Phi) is 7.14. The minimum atomic E-state index is -0.703. The van der Waals surface area contributed by atoms with E-state index < -0.39 is 23.5 Å². The molecule has 3 heterocycles. The Morgan fingerprint density at radius 3 is 2.35 bits per heavy atom. The van der Waals surface area contributed by atoms with Crippen LogP contribution in [0.15, 0.2) is 54.4 Å². The van der Waals surface area contributed by atoms with Gasteiger partial charge < -0.3 is 19.6 Å². The number of ether oxygens (including phenoxy) is 1. The molecule has 1 unspecified atom stereocenters. The predicted molar refractivity (Wildman–Crippen MR) is 127 cm³/mol. The number of quaternary nitrogens is 1. The van der Waals surface area contributed by atoms with E-state index in [0.717, 1.165) is 50.4 Å². The zero-order chi connectivity index (χ0) is 24.3. The van der Waals surface area contributed by atoms with Gasteiger partial charge >= 0.3 is 0 Å². The molecular weight excluding hydrogens is 430 g/mol. The number of amides is 1. The number of hydrogen-bond donors (Lipinski definition) is 1. The van der Waals surface area contributed by atoms with Crippen LogP contribution >= 0.6 is 0 Å². The van der Waals surface area contributed by atoms with E-state index in [1.807, 2.05) is 24.3 Å². The summed E-state index contributed by atoms with van der Waals surface area (Å²) < 4.78 is 5.43. The third-order valence-corrected chi connectivity index (χ3v) is 6.69. The summed E-state index contributed by atoms with van der Waals surface area (Å²) in [5.74, 6) is -1.71. The summed E-state index contributed by atoms with van der Waals surface area (Å²) in [5, 5.41) is 13.4. The molecule has 1 atom stereocenters. The highest BCUT2D eigenvalue weighted by Crippen LogP contribution is 2.39. The number of nitrogens with one attached hydrogen (secondary N) is 1. The summed E-state index contributed by atoms with van der Waals surface area (Å²) in [6.45, 7) is 11.1. The van der Waals surface area contributed by atoms with E-state index in [9.17, 15) is 14.7 Å². The van der Waals surface area contributed by atoms with Crippen molar-refractivity contribution in [1.82, 2.24) is 9.88 Å². The molecule has 4 rings (SSSR count). The van der Waals surface area contributed by atoms with Gasteiger partial charge in [-0.2, -0.15) is 0 Å². The zero-order valence-corrected chi connectivity index (χ0v) is 20.2. The second kappa shape index (κ2) is 10.1. The molecule has 1 aromatic heterocycles. The van der Waals surface area contributed by atoms with Crippen LogP contribution in [0.4, 0.5) is 0 Å². The molecule has 1 N–H and O–H groups in total. The molecule has 2 fully saturated rings. The van der Waals surface area contributed by atoms with Crippen molar-refractivity contribution in [2.24, 2.45) is 0 Å². The van der Waals surface area contributed by atoms with Crippen LogP contribution in [0.25, 0.3) is 5.76 Å². The number of carbonyl (C=O) groups is 2. The van der Waals surface area contributed by atoms with Gasteiger partial charge in [0.25, 0.3) is 5.91 Å². The van der Waals surface area contributed by atoms with E-state index in [-0.39, 0.29) is 11.0 Å². The van der Waals surface area contributed by atoms with E-state index in [2.05, 4.69) is 25.8 Å². The van der Waals surface area contributed by atoms with E-state index in [1.54, 1.807) is 17.0 Å². The summed E-state index contributed by atoms with van der Waals surface area (Å²) >= 11 is 0. The lowest BCUT2D eigenvalue weighted by atomic mass is 9.85. The number of pyridine rings is 1. The van der Waals surface area contributed by atoms with E-state index >= 15 is 0 Å². The summed E-state index contributed by atoms with van der Waals surface area (Å²) in [6, 6.07) is 10.4. The summed E-state index contributed by atoms with van der Waals surface area (Å²) in [5.41, 5.74) is 2.29. The van der Waals surface area contributed by atoms with Crippen molar-refractivity contribution in [3.05, 3.63) is 71.1 Å². The Morgan fingerprint density at radius 2 is 1.74 bits per heavy atom. The monoisotopic (exact) mass is 463 g/mol. The third kappa shape index (κ3) is 5.05. The molecule has 7 nitrogen and oxygen atoms in total. The van der Waals surface area contributed by atoms with E-state index in [4.69, 9.17) is 4.74 Å². The molecule has 2 aliphatic rings. The number of rotatable bonds is 6. The first-order valence-corrected chi connectivity index (χ1v) is 12.0. The van der Waals surface area contributed by atoms with Crippen molar-refractivity contribution in [2.45, 2.75) is 38.6 Å². The molecule has 2 aromatic rings. The maximum absolute atomic E-state index is 13.4. The van der Waals surface area contributed by atoms with Crippen LogP contribution in [0.5, 0.6) is 0 Å². The minimum Gasteiger partial charge on any atom is -0.872 e. The van der Waals surface area contributed by atoms with Crippen molar-refractivity contribution < 1.29 is 24.3 Å². The van der Waals surface area contributed by atoms with Gasteiger partial charge in [0.1, 0.15) is 13.1 Å². The molecule has 0 bridgehead atoms. The Balaban J connectivity index is 1.67. The van der Waals surface area contributed by atoms with Gasteiger partial charge in [-0.15, -0.1) is 0 Å². The number of aromatic nitrogens is 1. The highest BCUT2D eigenvalue weighted by Gasteiger charge is 2.44. The van der Waals surface area contributed by atoms with E-state index in [0.29, 0.717) is 12.1 Å². The van der Waals surface area contributed by atoms with Crippen molar-refractivity contribution in [3.63, 3.8) is 0 Å². The predicted octanol–water partition coefficient (Wildman–Crippen LogP) is 0.908. The first-order chi connectivity index (χ1) is 16.3. The summed E-state index contributed by atoms with van der Waals surface area (Å²) in [7, 11) is 0. The molecule has 0 radical (unpaired) electrons. The number of ketones is 1. The van der Waals surface area contributed by atoms with Crippen LogP contribution in [0.2, 0.25) is 0 Å². The topological polar surface area (TPSA) is 87.0 Å². The molecule has 34 heavy (non-hydrogen) atoms. The number of Topliss-reactive ketones (excluding diaryl/α,β-unsaturated/α-hetero) is 1. The van der Waals surface area contributed by atoms with Crippen LogP contribution < -0.4 is 10.0 Å². The minimum absolute atomic E-state index is 0.0263. The van der Waals surface area contributed by atoms with E-state index in [1.165, 1.54) is 17.3 Å². The molecule has 1 amide bonds. The highest BCUT2D eigenvalue weighted by atomic mass is 16.5. The lowest BCUT2D eigenvalue weighted by Gasteiger charge is -2.29. The van der Waals surface area contributed by atoms with Gasteiger partial charge in [0.15, 0.2) is 0 Å². The SMILES string of the molecule is CC(C)(C)c1ccc(C2C(=C([O-])c3ccncc3)C(=O)C(=O)N2CCC[NH+]2CCOCC2)cc1. The van der Waals surface area contributed by atoms with Gasteiger partial charge in [0, 0.05) is 30.9 Å². The molecule has 2 saturated heterocycles. The largest absolute Gasteiger partial charge is 0.872 e. The van der Waals surface area contributed by atoms with Crippen LogP contribution in [0.3, 0.4) is 0 Å². The zero-order valence-electron chi connectivity index (χ0n) is 20.2. The second-order valence-electron chi connectivity index (χ2n) is 10.0. The van der Waals surface area contributed by atoms with Crippen LogP contribution in [-0.2, 0) is 19.7 Å². The van der Waals surface area contributed by atoms with Gasteiger partial charge in [0.05, 0.1) is 25.8 Å². The average molecular weight is 464 g/mol. The number of benzene rings is 1. The average Bonchev–Trinajstić information content (AvgIpc) is 3.09. The molecule has 0 saturated carbocycles. The maximum atomic E-state index is 13.4. The first kappa shape index (κ1) is 24.1. The van der Waals surface area contributed by atoms with Crippen molar-refractivity contribution in [2.75, 3.05) is 39.4 Å². The number of likely N-dealkylation sites (tertiary alicyclic amines) is 1. The summed E-state index contributed by atoms with van der Waals surface area (Å²) in [4.78, 5) is 33.2. The van der Waals surface area contributed by atoms with Crippen LogP contribution in [-0.4, -0.2) is 61.0 Å². The smallest absolute Gasteiger partial charge is 0.295 e. The maximum Gasteiger partial charge on any atom is 0.295 e. The quantitative estimate of drug-likeness (QED) is 0.391. The fourth-order valence-corrected chi connectivity index (χ4v) is 4.68. The molecule has 0 aliphatic carbocycles. The van der Waals surface area contributed by atoms with Gasteiger partial charge in [-0.25, -0.2) is 0 Å². The van der Waals surface area contributed by atoms with Gasteiger partial charge in [-0.05, 0) is 34.2 Å². The lowest BCUT2D eigenvalue weighted by molar-refractivity contribution is -0.908. The third-order valence-electron chi connectivity index (χ3n) is 6.69.